The smallest absolute Gasteiger partial charge is 0.151 e. The third-order valence-corrected chi connectivity index (χ3v) is 2.59. The average molecular weight is 255 g/mol. The van der Waals surface area contributed by atoms with Crippen LogP contribution in [0.2, 0.25) is 0 Å². The Labute approximate surface area is 109 Å². The highest BCUT2D eigenvalue weighted by atomic mass is 16.5. The maximum Gasteiger partial charge on any atom is 0.151 e. The van der Waals surface area contributed by atoms with Gasteiger partial charge in [-0.15, -0.1) is 0 Å². The molecule has 1 aromatic heterocycles. The van der Waals surface area contributed by atoms with Crippen LogP contribution in [0.1, 0.15) is 31.7 Å². The molecule has 0 unspecified atom stereocenters. The lowest BCUT2D eigenvalue weighted by molar-refractivity contribution is 0.117. The van der Waals surface area contributed by atoms with Crippen LogP contribution in [0.4, 0.5) is 0 Å². The van der Waals surface area contributed by atoms with Gasteiger partial charge in [-0.25, -0.2) is 0 Å². The quantitative estimate of drug-likeness (QED) is 0.644. The summed E-state index contributed by atoms with van der Waals surface area (Å²) in [7, 11) is 2.05. The Morgan fingerprint density at radius 1 is 1.44 bits per heavy atom. The molecule has 0 radical (unpaired) electrons. The number of rotatable bonds is 10. The minimum atomic E-state index is 0.756. The molecular weight excluding hydrogens is 230 g/mol. The fourth-order valence-corrected chi connectivity index (χ4v) is 1.62. The summed E-state index contributed by atoms with van der Waals surface area (Å²) in [6, 6.07) is 2.01. The van der Waals surface area contributed by atoms with Gasteiger partial charge in [0.15, 0.2) is 5.76 Å². The van der Waals surface area contributed by atoms with Crippen molar-refractivity contribution in [2.45, 2.75) is 33.4 Å². The molecular formula is C13H25N3O2. The van der Waals surface area contributed by atoms with Crippen LogP contribution >= 0.6 is 0 Å². The number of nitrogens with one attached hydrogen (secondary N) is 1. The Morgan fingerprint density at radius 3 is 3.00 bits per heavy atom. The monoisotopic (exact) mass is 255 g/mol. The zero-order valence-corrected chi connectivity index (χ0v) is 11.7. The van der Waals surface area contributed by atoms with Gasteiger partial charge in [0.1, 0.15) is 0 Å². The van der Waals surface area contributed by atoms with E-state index in [0.717, 1.165) is 57.3 Å². The molecule has 5 nitrogen and oxygen atoms in total. The highest BCUT2D eigenvalue weighted by molar-refractivity contribution is 5.04. The molecule has 1 N–H and O–H groups in total. The second kappa shape index (κ2) is 9.08. The van der Waals surface area contributed by atoms with Gasteiger partial charge in [-0.1, -0.05) is 12.1 Å². The van der Waals surface area contributed by atoms with E-state index < -0.39 is 0 Å². The molecule has 0 aliphatic heterocycles. The molecule has 0 fully saturated rings. The first kappa shape index (κ1) is 15.1. The van der Waals surface area contributed by atoms with Gasteiger partial charge in [0.2, 0.25) is 0 Å². The molecule has 0 amide bonds. The third kappa shape index (κ3) is 6.14. The molecule has 18 heavy (non-hydrogen) atoms. The number of hydrogen-bond acceptors (Lipinski definition) is 5. The van der Waals surface area contributed by atoms with E-state index in [-0.39, 0.29) is 0 Å². The van der Waals surface area contributed by atoms with Crippen LogP contribution in [0, 0.1) is 0 Å². The Hall–Kier alpha value is -0.910. The van der Waals surface area contributed by atoms with E-state index in [1.165, 1.54) is 0 Å². The second-order valence-electron chi connectivity index (χ2n) is 4.40. The first-order valence-corrected chi connectivity index (χ1v) is 6.67. The fourth-order valence-electron chi connectivity index (χ4n) is 1.62. The number of aromatic nitrogens is 1. The normalized spacial score (nSPS) is 11.3. The molecule has 1 rings (SSSR count). The van der Waals surface area contributed by atoms with Crippen molar-refractivity contribution in [2.75, 3.05) is 33.4 Å². The molecule has 0 atom stereocenters. The van der Waals surface area contributed by atoms with Crippen molar-refractivity contribution in [1.29, 1.82) is 0 Å². The van der Waals surface area contributed by atoms with Gasteiger partial charge >= 0.3 is 0 Å². The van der Waals surface area contributed by atoms with E-state index >= 15 is 0 Å². The standard InChI is InChI=1S/C13H25N3O2/c1-4-6-14-10-12-9-13(18-15-12)11-16(3)7-8-17-5-2/h9,14H,4-8,10-11H2,1-3H3. The molecule has 0 aliphatic carbocycles. The predicted molar refractivity (Wildman–Crippen MR) is 71.3 cm³/mol. The number of likely N-dealkylation sites (N-methyl/N-ethyl adjacent to an activating group) is 1. The number of ether oxygens (including phenoxy) is 1. The summed E-state index contributed by atoms with van der Waals surface area (Å²) >= 11 is 0. The lowest BCUT2D eigenvalue weighted by atomic mass is 10.3. The maximum atomic E-state index is 5.31. The summed E-state index contributed by atoms with van der Waals surface area (Å²) in [6.07, 6.45) is 1.13. The van der Waals surface area contributed by atoms with Crippen molar-refractivity contribution in [1.82, 2.24) is 15.4 Å². The molecule has 5 heteroatoms. The SMILES string of the molecule is CCCNCc1cc(CN(C)CCOCC)on1. The van der Waals surface area contributed by atoms with Crippen LogP contribution < -0.4 is 5.32 Å². The second-order valence-corrected chi connectivity index (χ2v) is 4.40. The minimum absolute atomic E-state index is 0.756. The Bertz CT molecular complexity index is 315. The molecule has 1 heterocycles. The first-order chi connectivity index (χ1) is 8.76. The zero-order chi connectivity index (χ0) is 13.2. The van der Waals surface area contributed by atoms with E-state index in [1.54, 1.807) is 0 Å². The van der Waals surface area contributed by atoms with E-state index in [9.17, 15) is 0 Å². The first-order valence-electron chi connectivity index (χ1n) is 6.67. The molecule has 0 bridgehead atoms. The predicted octanol–water partition coefficient (Wildman–Crippen LogP) is 1.64. The zero-order valence-electron chi connectivity index (χ0n) is 11.7. The van der Waals surface area contributed by atoms with E-state index in [1.807, 2.05) is 13.0 Å². The Balaban J connectivity index is 2.25. The summed E-state index contributed by atoms with van der Waals surface area (Å²) in [5.74, 6) is 0.905. The van der Waals surface area contributed by atoms with E-state index in [2.05, 4.69) is 29.3 Å². The van der Waals surface area contributed by atoms with Gasteiger partial charge < -0.3 is 14.6 Å². The Kier molecular flexibility index (Phi) is 7.64. The van der Waals surface area contributed by atoms with Crippen molar-refractivity contribution in [3.8, 4) is 0 Å². The fraction of sp³-hybridized carbons (Fsp3) is 0.769. The molecule has 0 aromatic carbocycles. The van der Waals surface area contributed by atoms with E-state index in [4.69, 9.17) is 9.26 Å². The van der Waals surface area contributed by atoms with Crippen molar-refractivity contribution in [2.24, 2.45) is 0 Å². The van der Waals surface area contributed by atoms with Gasteiger partial charge in [0.05, 0.1) is 18.8 Å². The average Bonchev–Trinajstić information content (AvgIpc) is 2.77. The molecule has 0 saturated carbocycles. The number of hydrogen-bond donors (Lipinski definition) is 1. The largest absolute Gasteiger partial charge is 0.380 e. The van der Waals surface area contributed by atoms with Crippen LogP contribution in [0.5, 0.6) is 0 Å². The molecule has 104 valence electrons. The van der Waals surface area contributed by atoms with Gasteiger partial charge in [-0.05, 0) is 26.9 Å². The summed E-state index contributed by atoms with van der Waals surface area (Å²) in [4.78, 5) is 2.17. The molecule has 0 aliphatic rings. The third-order valence-electron chi connectivity index (χ3n) is 2.59. The molecule has 1 aromatic rings. The van der Waals surface area contributed by atoms with Gasteiger partial charge in [0.25, 0.3) is 0 Å². The maximum absolute atomic E-state index is 5.31. The van der Waals surface area contributed by atoms with Crippen LogP contribution in [0.3, 0.4) is 0 Å². The van der Waals surface area contributed by atoms with E-state index in [0.29, 0.717) is 0 Å². The summed E-state index contributed by atoms with van der Waals surface area (Å²) < 4.78 is 10.6. The minimum Gasteiger partial charge on any atom is -0.380 e. The molecule has 0 spiro atoms. The van der Waals surface area contributed by atoms with Crippen molar-refractivity contribution >= 4 is 0 Å². The van der Waals surface area contributed by atoms with Gasteiger partial charge in [0, 0.05) is 25.8 Å². The highest BCUT2D eigenvalue weighted by Crippen LogP contribution is 2.06. The van der Waals surface area contributed by atoms with Crippen LogP contribution in [-0.2, 0) is 17.8 Å². The lowest BCUT2D eigenvalue weighted by Crippen LogP contribution is -2.22. The lowest BCUT2D eigenvalue weighted by Gasteiger charge is -2.13. The summed E-state index contributed by atoms with van der Waals surface area (Å²) in [5.41, 5.74) is 0.969. The Morgan fingerprint density at radius 2 is 2.28 bits per heavy atom. The van der Waals surface area contributed by atoms with Gasteiger partial charge in [-0.3, -0.25) is 4.90 Å². The summed E-state index contributed by atoms with van der Waals surface area (Å²) in [6.45, 7) is 9.14. The van der Waals surface area contributed by atoms with Crippen molar-refractivity contribution in [3.63, 3.8) is 0 Å². The van der Waals surface area contributed by atoms with Crippen LogP contribution in [0.25, 0.3) is 0 Å². The van der Waals surface area contributed by atoms with Crippen LogP contribution in [-0.4, -0.2) is 43.4 Å². The van der Waals surface area contributed by atoms with Crippen molar-refractivity contribution < 1.29 is 9.26 Å². The summed E-state index contributed by atoms with van der Waals surface area (Å²) in [5, 5.41) is 7.35. The highest BCUT2D eigenvalue weighted by Gasteiger charge is 2.06. The van der Waals surface area contributed by atoms with Crippen molar-refractivity contribution in [3.05, 3.63) is 17.5 Å². The van der Waals surface area contributed by atoms with Gasteiger partial charge in [-0.2, -0.15) is 0 Å². The van der Waals surface area contributed by atoms with Crippen LogP contribution in [0.15, 0.2) is 10.6 Å². The topological polar surface area (TPSA) is 50.5 Å². The molecule has 0 saturated heterocycles. The number of nitrogens with zero attached hydrogens (tertiary/aromatic N) is 2.